The molecule has 128 valence electrons. The first-order valence-corrected chi connectivity index (χ1v) is 9.91. The fraction of sp³-hybridized carbons (Fsp3) is 0.368. The van der Waals surface area contributed by atoms with Crippen molar-refractivity contribution in [2.75, 3.05) is 25.5 Å². The highest BCUT2D eigenvalue weighted by Gasteiger charge is 2.32. The molecule has 2 aromatic carbocycles. The van der Waals surface area contributed by atoms with Crippen LogP contribution in [0.2, 0.25) is 0 Å². The van der Waals surface area contributed by atoms with Gasteiger partial charge in [-0.3, -0.25) is 0 Å². The lowest BCUT2D eigenvalue weighted by Gasteiger charge is -2.34. The molecule has 1 fully saturated rings. The third-order valence-electron chi connectivity index (χ3n) is 4.34. The summed E-state index contributed by atoms with van der Waals surface area (Å²) in [4.78, 5) is 0. The van der Waals surface area contributed by atoms with Crippen LogP contribution in [0.4, 0.5) is 0 Å². The number of hydrogen-bond donors (Lipinski definition) is 0. The van der Waals surface area contributed by atoms with Crippen molar-refractivity contribution in [2.45, 2.75) is 18.9 Å². The van der Waals surface area contributed by atoms with E-state index >= 15 is 0 Å². The van der Waals surface area contributed by atoms with Gasteiger partial charge in [-0.1, -0.05) is 60.7 Å². The van der Waals surface area contributed by atoms with Crippen LogP contribution in [0.25, 0.3) is 0 Å². The molecule has 1 unspecified atom stereocenters. The van der Waals surface area contributed by atoms with Crippen molar-refractivity contribution in [2.24, 2.45) is 0 Å². The molecule has 3 rings (SSSR count). The molecule has 24 heavy (non-hydrogen) atoms. The molecule has 0 amide bonds. The predicted molar refractivity (Wildman–Crippen MR) is 95.4 cm³/mol. The van der Waals surface area contributed by atoms with Gasteiger partial charge in [-0.2, -0.15) is 4.31 Å². The summed E-state index contributed by atoms with van der Waals surface area (Å²) in [6.07, 6.45) is 1.23. The second-order valence-electron chi connectivity index (χ2n) is 6.08. The Kier molecular flexibility index (Phi) is 5.66. The Morgan fingerprint density at radius 1 is 0.958 bits per heavy atom. The smallest absolute Gasteiger partial charge is 0.214 e. The third kappa shape index (κ3) is 4.44. The van der Waals surface area contributed by atoms with Gasteiger partial charge in [-0.05, 0) is 24.0 Å². The maximum Gasteiger partial charge on any atom is 0.214 e. The monoisotopic (exact) mass is 345 g/mol. The standard InChI is InChI=1S/C19H23NO3S/c21-24(22,14-11-17-7-3-1-4-8-17)20-12-13-23-16-19(20)15-18-9-5-2-6-10-18/h1-10,19H,11-16H2. The van der Waals surface area contributed by atoms with Gasteiger partial charge in [0.1, 0.15) is 0 Å². The zero-order valence-electron chi connectivity index (χ0n) is 13.7. The molecule has 4 nitrogen and oxygen atoms in total. The zero-order chi connectivity index (χ0) is 16.8. The molecule has 1 aliphatic rings. The number of benzene rings is 2. The van der Waals surface area contributed by atoms with Crippen LogP contribution in [-0.2, 0) is 27.6 Å². The van der Waals surface area contributed by atoms with Gasteiger partial charge in [0.15, 0.2) is 0 Å². The summed E-state index contributed by atoms with van der Waals surface area (Å²) in [5.74, 6) is 0.141. The maximum atomic E-state index is 12.8. The van der Waals surface area contributed by atoms with E-state index in [0.717, 1.165) is 11.1 Å². The number of hydrogen-bond acceptors (Lipinski definition) is 3. The van der Waals surface area contributed by atoms with Gasteiger partial charge in [0.05, 0.1) is 25.0 Å². The minimum atomic E-state index is -3.30. The molecule has 0 spiro atoms. The van der Waals surface area contributed by atoms with Gasteiger partial charge in [-0.25, -0.2) is 8.42 Å². The summed E-state index contributed by atoms with van der Waals surface area (Å²) >= 11 is 0. The molecule has 0 aliphatic carbocycles. The van der Waals surface area contributed by atoms with E-state index in [4.69, 9.17) is 4.74 Å². The molecule has 0 aromatic heterocycles. The van der Waals surface area contributed by atoms with Crippen molar-refractivity contribution in [3.8, 4) is 0 Å². The normalized spacial score (nSPS) is 19.2. The Bertz CT molecular complexity index is 732. The quantitative estimate of drug-likeness (QED) is 0.808. The van der Waals surface area contributed by atoms with Crippen LogP contribution in [0, 0.1) is 0 Å². The van der Waals surface area contributed by atoms with E-state index in [1.165, 1.54) is 0 Å². The lowest BCUT2D eigenvalue weighted by Crippen LogP contribution is -2.50. The topological polar surface area (TPSA) is 46.6 Å². The average molecular weight is 345 g/mol. The van der Waals surface area contributed by atoms with Crippen LogP contribution in [0.3, 0.4) is 0 Å². The Hall–Kier alpha value is -1.69. The Morgan fingerprint density at radius 3 is 2.25 bits per heavy atom. The fourth-order valence-corrected chi connectivity index (χ4v) is 4.73. The number of ether oxygens (including phenoxy) is 1. The number of aryl methyl sites for hydroxylation is 1. The number of nitrogens with zero attached hydrogens (tertiary/aromatic N) is 1. The fourth-order valence-electron chi connectivity index (χ4n) is 3.06. The maximum absolute atomic E-state index is 12.8. The second kappa shape index (κ2) is 7.92. The lowest BCUT2D eigenvalue weighted by atomic mass is 10.1. The molecule has 1 heterocycles. The molecule has 2 aromatic rings. The lowest BCUT2D eigenvalue weighted by molar-refractivity contribution is 0.0329. The molecule has 0 N–H and O–H groups in total. The van der Waals surface area contributed by atoms with Gasteiger partial charge in [-0.15, -0.1) is 0 Å². The molecule has 1 saturated heterocycles. The van der Waals surface area contributed by atoms with Crippen LogP contribution < -0.4 is 0 Å². The summed E-state index contributed by atoms with van der Waals surface area (Å²) < 4.78 is 32.8. The van der Waals surface area contributed by atoms with Crippen LogP contribution in [0.1, 0.15) is 11.1 Å². The van der Waals surface area contributed by atoms with Crippen molar-refractivity contribution in [1.82, 2.24) is 4.31 Å². The van der Waals surface area contributed by atoms with Crippen LogP contribution in [-0.4, -0.2) is 44.3 Å². The van der Waals surface area contributed by atoms with E-state index in [2.05, 4.69) is 0 Å². The average Bonchev–Trinajstić information content (AvgIpc) is 2.62. The van der Waals surface area contributed by atoms with Gasteiger partial charge < -0.3 is 4.74 Å². The number of rotatable bonds is 6. The molecular weight excluding hydrogens is 322 g/mol. The Morgan fingerprint density at radius 2 is 1.58 bits per heavy atom. The third-order valence-corrected chi connectivity index (χ3v) is 6.25. The van der Waals surface area contributed by atoms with Crippen LogP contribution in [0.15, 0.2) is 60.7 Å². The first kappa shape index (κ1) is 17.1. The van der Waals surface area contributed by atoms with Gasteiger partial charge >= 0.3 is 0 Å². The van der Waals surface area contributed by atoms with Crippen molar-refractivity contribution in [3.63, 3.8) is 0 Å². The van der Waals surface area contributed by atoms with Crippen molar-refractivity contribution < 1.29 is 13.2 Å². The summed E-state index contributed by atoms with van der Waals surface area (Å²) in [6, 6.07) is 19.6. The van der Waals surface area contributed by atoms with E-state index in [1.54, 1.807) is 4.31 Å². The first-order chi connectivity index (χ1) is 11.6. The Labute approximate surface area is 144 Å². The van der Waals surface area contributed by atoms with E-state index in [0.29, 0.717) is 32.6 Å². The summed E-state index contributed by atoms with van der Waals surface area (Å²) in [5.41, 5.74) is 2.19. The van der Waals surface area contributed by atoms with E-state index in [1.807, 2.05) is 60.7 Å². The van der Waals surface area contributed by atoms with Gasteiger partial charge in [0, 0.05) is 6.54 Å². The molecule has 1 atom stereocenters. The van der Waals surface area contributed by atoms with E-state index in [9.17, 15) is 8.42 Å². The molecule has 0 bridgehead atoms. The Balaban J connectivity index is 1.69. The largest absolute Gasteiger partial charge is 0.378 e. The molecule has 0 radical (unpaired) electrons. The van der Waals surface area contributed by atoms with E-state index in [-0.39, 0.29) is 11.8 Å². The molecular formula is C19H23NO3S. The van der Waals surface area contributed by atoms with E-state index < -0.39 is 10.0 Å². The van der Waals surface area contributed by atoms with Crippen molar-refractivity contribution in [3.05, 3.63) is 71.8 Å². The first-order valence-electron chi connectivity index (χ1n) is 8.30. The molecule has 1 aliphatic heterocycles. The molecule has 5 heteroatoms. The van der Waals surface area contributed by atoms with Gasteiger partial charge in [0.25, 0.3) is 0 Å². The van der Waals surface area contributed by atoms with Crippen LogP contribution >= 0.6 is 0 Å². The zero-order valence-corrected chi connectivity index (χ0v) is 14.5. The minimum Gasteiger partial charge on any atom is -0.378 e. The van der Waals surface area contributed by atoms with Crippen molar-refractivity contribution >= 4 is 10.0 Å². The molecule has 0 saturated carbocycles. The highest BCUT2D eigenvalue weighted by atomic mass is 32.2. The van der Waals surface area contributed by atoms with Crippen molar-refractivity contribution in [1.29, 1.82) is 0 Å². The highest BCUT2D eigenvalue weighted by molar-refractivity contribution is 7.89. The highest BCUT2D eigenvalue weighted by Crippen LogP contribution is 2.18. The number of morpholine rings is 1. The minimum absolute atomic E-state index is 0.123. The number of sulfonamides is 1. The second-order valence-corrected chi connectivity index (χ2v) is 8.12. The SMILES string of the molecule is O=S(=O)(CCc1ccccc1)N1CCOCC1Cc1ccccc1. The van der Waals surface area contributed by atoms with Crippen LogP contribution in [0.5, 0.6) is 0 Å². The van der Waals surface area contributed by atoms with Gasteiger partial charge in [0.2, 0.25) is 10.0 Å². The summed E-state index contributed by atoms with van der Waals surface area (Å²) in [6.45, 7) is 1.37. The predicted octanol–water partition coefficient (Wildman–Crippen LogP) is 2.50. The summed E-state index contributed by atoms with van der Waals surface area (Å²) in [5, 5.41) is 0. The summed E-state index contributed by atoms with van der Waals surface area (Å²) in [7, 11) is -3.30.